The van der Waals surface area contributed by atoms with E-state index in [-0.39, 0.29) is 5.75 Å². The summed E-state index contributed by atoms with van der Waals surface area (Å²) in [5.41, 5.74) is 0. The van der Waals surface area contributed by atoms with Gasteiger partial charge >= 0.3 is 0 Å². The SMILES string of the molecule is O=S(=O)(CCC1CCCN1)N1CCOCC1. The van der Waals surface area contributed by atoms with Crippen molar-refractivity contribution in [1.82, 2.24) is 9.62 Å². The molecular formula is C10H20N2O3S. The molecule has 1 atom stereocenters. The Morgan fingerprint density at radius 2 is 2.06 bits per heavy atom. The van der Waals surface area contributed by atoms with Crippen LogP contribution in [0.5, 0.6) is 0 Å². The summed E-state index contributed by atoms with van der Waals surface area (Å²) in [6.45, 7) is 3.12. The first-order valence-corrected chi connectivity index (χ1v) is 7.58. The molecule has 0 aromatic rings. The lowest BCUT2D eigenvalue weighted by Gasteiger charge is -2.26. The maximum atomic E-state index is 12.0. The summed E-state index contributed by atoms with van der Waals surface area (Å²) in [4.78, 5) is 0. The van der Waals surface area contributed by atoms with Crippen molar-refractivity contribution in [2.45, 2.75) is 25.3 Å². The van der Waals surface area contributed by atoms with Gasteiger partial charge in [-0.1, -0.05) is 0 Å². The van der Waals surface area contributed by atoms with Gasteiger partial charge in [-0.15, -0.1) is 0 Å². The van der Waals surface area contributed by atoms with E-state index in [2.05, 4.69) is 5.32 Å². The highest BCUT2D eigenvalue weighted by Crippen LogP contribution is 2.13. The van der Waals surface area contributed by atoms with Crippen LogP contribution in [0.4, 0.5) is 0 Å². The average Bonchev–Trinajstić information content (AvgIpc) is 2.81. The van der Waals surface area contributed by atoms with Crippen molar-refractivity contribution in [3.8, 4) is 0 Å². The summed E-state index contributed by atoms with van der Waals surface area (Å²) in [6, 6.07) is 0.399. The van der Waals surface area contributed by atoms with Crippen molar-refractivity contribution in [1.29, 1.82) is 0 Å². The molecule has 5 nitrogen and oxygen atoms in total. The fourth-order valence-electron chi connectivity index (χ4n) is 2.25. The molecule has 2 rings (SSSR count). The molecule has 0 saturated carbocycles. The molecule has 2 aliphatic heterocycles. The summed E-state index contributed by atoms with van der Waals surface area (Å²) in [6.07, 6.45) is 3.01. The van der Waals surface area contributed by atoms with E-state index >= 15 is 0 Å². The molecule has 2 heterocycles. The van der Waals surface area contributed by atoms with E-state index in [4.69, 9.17) is 4.74 Å². The van der Waals surface area contributed by atoms with Crippen LogP contribution in [-0.4, -0.2) is 57.4 Å². The van der Waals surface area contributed by atoms with Crippen molar-refractivity contribution < 1.29 is 13.2 Å². The summed E-state index contributed by atoms with van der Waals surface area (Å²) in [5.74, 6) is 0.269. The Labute approximate surface area is 97.2 Å². The van der Waals surface area contributed by atoms with Crippen LogP contribution in [0, 0.1) is 0 Å². The predicted octanol–water partition coefficient (Wildman–Crippen LogP) is -0.209. The van der Waals surface area contributed by atoms with Gasteiger partial charge in [-0.3, -0.25) is 0 Å². The number of morpholine rings is 1. The maximum Gasteiger partial charge on any atom is 0.214 e. The fraction of sp³-hybridized carbons (Fsp3) is 1.00. The standard InChI is InChI=1S/C10H20N2O3S/c13-16(14,12-5-7-15-8-6-12)9-3-10-2-1-4-11-10/h10-11H,1-9H2. The van der Waals surface area contributed by atoms with E-state index in [1.165, 1.54) is 6.42 Å². The molecule has 0 amide bonds. The molecule has 1 unspecified atom stereocenters. The average molecular weight is 248 g/mol. The lowest BCUT2D eigenvalue weighted by Crippen LogP contribution is -2.42. The van der Waals surface area contributed by atoms with Crippen LogP contribution in [0.3, 0.4) is 0 Å². The molecule has 2 saturated heterocycles. The molecule has 16 heavy (non-hydrogen) atoms. The number of rotatable bonds is 4. The number of sulfonamides is 1. The van der Waals surface area contributed by atoms with Crippen molar-refractivity contribution in [2.75, 3.05) is 38.6 Å². The predicted molar refractivity (Wildman–Crippen MR) is 61.8 cm³/mol. The van der Waals surface area contributed by atoms with Gasteiger partial charge in [0.15, 0.2) is 0 Å². The number of hydrogen-bond acceptors (Lipinski definition) is 4. The van der Waals surface area contributed by atoms with Gasteiger partial charge in [0.05, 0.1) is 19.0 Å². The van der Waals surface area contributed by atoms with Gasteiger partial charge in [-0.25, -0.2) is 8.42 Å². The molecule has 0 aliphatic carbocycles. The van der Waals surface area contributed by atoms with E-state index < -0.39 is 10.0 Å². The molecule has 0 bridgehead atoms. The number of nitrogens with one attached hydrogen (secondary N) is 1. The second kappa shape index (κ2) is 5.44. The van der Waals surface area contributed by atoms with Crippen molar-refractivity contribution >= 4 is 10.0 Å². The van der Waals surface area contributed by atoms with Crippen LogP contribution in [0.25, 0.3) is 0 Å². The van der Waals surface area contributed by atoms with E-state index in [0.717, 1.165) is 19.4 Å². The molecule has 1 N–H and O–H groups in total. The first-order chi connectivity index (χ1) is 7.68. The highest BCUT2D eigenvalue weighted by Gasteiger charge is 2.25. The summed E-state index contributed by atoms with van der Waals surface area (Å²) in [5, 5.41) is 3.32. The number of hydrogen-bond donors (Lipinski definition) is 1. The zero-order chi connectivity index (χ0) is 11.4. The molecule has 6 heteroatoms. The third-order valence-electron chi connectivity index (χ3n) is 3.25. The minimum absolute atomic E-state index is 0.269. The van der Waals surface area contributed by atoms with Gasteiger partial charge in [0.25, 0.3) is 0 Å². The van der Waals surface area contributed by atoms with Crippen LogP contribution in [0.2, 0.25) is 0 Å². The Balaban J connectivity index is 1.81. The zero-order valence-electron chi connectivity index (χ0n) is 9.52. The Hall–Kier alpha value is -0.170. The van der Waals surface area contributed by atoms with Gasteiger partial charge in [0.1, 0.15) is 0 Å². The third kappa shape index (κ3) is 3.16. The molecule has 0 spiro atoms. The third-order valence-corrected chi connectivity index (χ3v) is 5.15. The largest absolute Gasteiger partial charge is 0.379 e. The van der Waals surface area contributed by atoms with E-state index in [1.807, 2.05) is 0 Å². The van der Waals surface area contributed by atoms with Crippen molar-refractivity contribution in [2.24, 2.45) is 0 Å². The smallest absolute Gasteiger partial charge is 0.214 e. The van der Waals surface area contributed by atoms with Crippen LogP contribution >= 0.6 is 0 Å². The highest BCUT2D eigenvalue weighted by atomic mass is 32.2. The van der Waals surface area contributed by atoms with E-state index in [0.29, 0.717) is 32.3 Å². The molecule has 0 aromatic heterocycles. The Morgan fingerprint density at radius 3 is 2.69 bits per heavy atom. The van der Waals surface area contributed by atoms with E-state index in [1.54, 1.807) is 4.31 Å². The Kier molecular flexibility index (Phi) is 4.18. The number of ether oxygens (including phenoxy) is 1. The van der Waals surface area contributed by atoms with Gasteiger partial charge in [0.2, 0.25) is 10.0 Å². The minimum atomic E-state index is -3.06. The van der Waals surface area contributed by atoms with Crippen LogP contribution in [0.1, 0.15) is 19.3 Å². The van der Waals surface area contributed by atoms with Crippen molar-refractivity contribution in [3.63, 3.8) is 0 Å². The molecule has 0 aromatic carbocycles. The van der Waals surface area contributed by atoms with Gasteiger partial charge < -0.3 is 10.1 Å². The Morgan fingerprint density at radius 1 is 1.31 bits per heavy atom. The second-order valence-corrected chi connectivity index (χ2v) is 6.50. The first kappa shape index (κ1) is 12.3. The highest BCUT2D eigenvalue weighted by molar-refractivity contribution is 7.89. The monoisotopic (exact) mass is 248 g/mol. The molecule has 94 valence electrons. The summed E-state index contributed by atoms with van der Waals surface area (Å²) < 4.78 is 30.7. The molecule has 2 aliphatic rings. The van der Waals surface area contributed by atoms with Crippen LogP contribution in [-0.2, 0) is 14.8 Å². The molecular weight excluding hydrogens is 228 g/mol. The normalized spacial score (nSPS) is 28.4. The maximum absolute atomic E-state index is 12.0. The fourth-order valence-corrected chi connectivity index (χ4v) is 3.79. The molecule has 0 radical (unpaired) electrons. The Bertz CT molecular complexity index is 306. The summed E-state index contributed by atoms with van der Waals surface area (Å²) >= 11 is 0. The van der Waals surface area contributed by atoms with Gasteiger partial charge in [0, 0.05) is 19.1 Å². The quantitative estimate of drug-likeness (QED) is 0.748. The first-order valence-electron chi connectivity index (χ1n) is 5.97. The lowest BCUT2D eigenvalue weighted by molar-refractivity contribution is 0.0730. The summed E-state index contributed by atoms with van der Waals surface area (Å²) in [7, 11) is -3.06. The van der Waals surface area contributed by atoms with Crippen LogP contribution in [0.15, 0.2) is 0 Å². The van der Waals surface area contributed by atoms with Gasteiger partial charge in [-0.05, 0) is 25.8 Å². The van der Waals surface area contributed by atoms with E-state index in [9.17, 15) is 8.42 Å². The van der Waals surface area contributed by atoms with Crippen LogP contribution < -0.4 is 5.32 Å². The molecule has 2 fully saturated rings. The zero-order valence-corrected chi connectivity index (χ0v) is 10.3. The second-order valence-electron chi connectivity index (χ2n) is 4.41. The number of nitrogens with zero attached hydrogens (tertiary/aromatic N) is 1. The topological polar surface area (TPSA) is 58.6 Å². The lowest BCUT2D eigenvalue weighted by atomic mass is 10.2. The minimum Gasteiger partial charge on any atom is -0.379 e. The van der Waals surface area contributed by atoms with Gasteiger partial charge in [-0.2, -0.15) is 4.31 Å². The van der Waals surface area contributed by atoms with Crippen molar-refractivity contribution in [3.05, 3.63) is 0 Å².